The number of hydrogen-bond acceptors (Lipinski definition) is 12. The highest BCUT2D eigenvalue weighted by atomic mass is 16.6. The summed E-state index contributed by atoms with van der Waals surface area (Å²) < 4.78 is 18.1. The molecule has 14 heteroatoms. The Morgan fingerprint density at radius 3 is 2.09 bits per heavy atom. The number of fused-ring (bicyclic) bond motifs is 1. The number of imidazole rings is 1. The first-order valence-corrected chi connectivity index (χ1v) is 18.8. The second-order valence-corrected chi connectivity index (χ2v) is 14.8. The Bertz CT molecular complexity index is 1990. The maximum Gasteiger partial charge on any atom is 0.410 e. The molecule has 0 bridgehead atoms. The van der Waals surface area contributed by atoms with Crippen molar-refractivity contribution in [2.24, 2.45) is 0 Å². The standard InChI is InChI=1S/C41H53N9O5/c1-8-9-18-42-39-45-38(49(26-29-10-14-32(53-6)15-11-29)27-30-12-16-33(54-7)17-13-30)37-44-25-34(50(37)46-39)35(51)31-23-28(2)36(43-24-31)47-19-21-48(22-20-47)40(52)55-41(3,4)5/h10-17,23-25,35,51H,8-9,18-22,26-27H2,1-7H3,(H,42,46). The fraction of sp³-hybridized carbons (Fsp3) is 0.439. The van der Waals surface area contributed by atoms with Gasteiger partial charge in [-0.3, -0.25) is 0 Å². The fourth-order valence-corrected chi connectivity index (χ4v) is 6.51. The molecule has 2 N–H and O–H groups in total. The number of amides is 1. The second kappa shape index (κ2) is 17.2. The Labute approximate surface area is 323 Å². The normalized spacial score (nSPS) is 13.8. The first-order valence-electron chi connectivity index (χ1n) is 18.8. The molecule has 0 aliphatic carbocycles. The molecule has 4 heterocycles. The van der Waals surface area contributed by atoms with E-state index in [-0.39, 0.29) is 6.09 Å². The molecule has 1 aliphatic rings. The highest BCUT2D eigenvalue weighted by molar-refractivity contribution is 5.69. The van der Waals surface area contributed by atoms with Crippen molar-refractivity contribution in [1.82, 2.24) is 29.5 Å². The molecule has 3 aromatic heterocycles. The maximum atomic E-state index is 12.6. The number of aromatic nitrogens is 5. The quantitative estimate of drug-likeness (QED) is 0.121. The molecule has 1 fully saturated rings. The lowest BCUT2D eigenvalue weighted by Gasteiger charge is -2.36. The van der Waals surface area contributed by atoms with Crippen LogP contribution in [-0.4, -0.2) is 93.2 Å². The van der Waals surface area contributed by atoms with Gasteiger partial charge in [0.05, 0.1) is 26.1 Å². The molecule has 0 saturated carbocycles. The summed E-state index contributed by atoms with van der Waals surface area (Å²) in [5, 5.41) is 20.2. The first-order chi connectivity index (χ1) is 26.5. The van der Waals surface area contributed by atoms with E-state index in [1.54, 1.807) is 36.0 Å². The summed E-state index contributed by atoms with van der Waals surface area (Å²) in [5.41, 5.74) is 4.12. The first kappa shape index (κ1) is 39.1. The van der Waals surface area contributed by atoms with Crippen molar-refractivity contribution < 1.29 is 24.1 Å². The average molecular weight is 752 g/mol. The summed E-state index contributed by atoms with van der Waals surface area (Å²) in [6.45, 7) is 13.8. The van der Waals surface area contributed by atoms with Crippen molar-refractivity contribution in [1.29, 1.82) is 0 Å². The largest absolute Gasteiger partial charge is 0.497 e. The van der Waals surface area contributed by atoms with Gasteiger partial charge in [-0.2, -0.15) is 4.98 Å². The molecule has 2 aromatic carbocycles. The minimum Gasteiger partial charge on any atom is -0.497 e. The number of unbranched alkanes of at least 4 members (excludes halogenated alkanes) is 1. The number of piperazine rings is 1. The number of aliphatic hydroxyl groups is 1. The van der Waals surface area contributed by atoms with Crippen LogP contribution in [0.2, 0.25) is 0 Å². The SMILES string of the molecule is CCCCNc1nc(N(Cc2ccc(OC)cc2)Cc2ccc(OC)cc2)c2ncc(C(O)c3cnc(N4CCN(C(=O)OC(C)(C)C)CC4)c(C)c3)n2n1. The number of aliphatic hydroxyl groups excluding tert-OH is 1. The van der Waals surface area contributed by atoms with Crippen molar-refractivity contribution in [2.45, 2.75) is 72.3 Å². The number of methoxy groups -OCH3 is 2. The van der Waals surface area contributed by atoms with Crippen molar-refractivity contribution in [2.75, 3.05) is 62.1 Å². The highest BCUT2D eigenvalue weighted by Gasteiger charge is 2.28. The number of rotatable bonds is 14. The Morgan fingerprint density at radius 1 is 0.927 bits per heavy atom. The third-order valence-electron chi connectivity index (χ3n) is 9.45. The van der Waals surface area contributed by atoms with Crippen molar-refractivity contribution in [3.05, 3.63) is 94.9 Å². The van der Waals surface area contributed by atoms with Gasteiger partial charge in [0.25, 0.3) is 0 Å². The number of aryl methyl sites for hydroxylation is 1. The maximum absolute atomic E-state index is 12.6. The summed E-state index contributed by atoms with van der Waals surface area (Å²) in [6.07, 6.45) is 3.96. The molecule has 1 aliphatic heterocycles. The van der Waals surface area contributed by atoms with E-state index in [1.165, 1.54) is 0 Å². The molecular formula is C41H53N9O5. The van der Waals surface area contributed by atoms with Gasteiger partial charge >= 0.3 is 6.09 Å². The molecule has 1 unspecified atom stereocenters. The molecule has 55 heavy (non-hydrogen) atoms. The summed E-state index contributed by atoms with van der Waals surface area (Å²) in [4.78, 5) is 33.3. The lowest BCUT2D eigenvalue weighted by atomic mass is 10.1. The Kier molecular flexibility index (Phi) is 12.2. The molecule has 292 valence electrons. The van der Waals surface area contributed by atoms with Crippen LogP contribution < -0.4 is 24.6 Å². The van der Waals surface area contributed by atoms with E-state index in [2.05, 4.69) is 22.0 Å². The molecule has 1 amide bonds. The highest BCUT2D eigenvalue weighted by Crippen LogP contribution is 2.31. The van der Waals surface area contributed by atoms with Gasteiger partial charge in [0.15, 0.2) is 11.5 Å². The smallest absolute Gasteiger partial charge is 0.410 e. The lowest BCUT2D eigenvalue weighted by molar-refractivity contribution is 0.0240. The van der Waals surface area contributed by atoms with Crippen LogP contribution in [0, 0.1) is 6.92 Å². The number of nitrogens with zero attached hydrogens (tertiary/aromatic N) is 8. The second-order valence-electron chi connectivity index (χ2n) is 14.8. The van der Waals surface area contributed by atoms with Crippen LogP contribution in [0.4, 0.5) is 22.4 Å². The van der Waals surface area contributed by atoms with Gasteiger partial charge < -0.3 is 39.3 Å². The monoisotopic (exact) mass is 751 g/mol. The van der Waals surface area contributed by atoms with Crippen LogP contribution in [0.15, 0.2) is 67.0 Å². The van der Waals surface area contributed by atoms with Crippen LogP contribution in [0.1, 0.15) is 74.6 Å². The zero-order valence-electron chi connectivity index (χ0n) is 33.0. The molecular weight excluding hydrogens is 699 g/mol. The van der Waals surface area contributed by atoms with Crippen LogP contribution in [0.5, 0.6) is 11.5 Å². The predicted molar refractivity (Wildman–Crippen MR) is 213 cm³/mol. The van der Waals surface area contributed by atoms with Gasteiger partial charge in [0, 0.05) is 57.6 Å². The molecule has 0 spiro atoms. The Balaban J connectivity index is 1.31. The molecule has 5 aromatic rings. The van der Waals surface area contributed by atoms with Gasteiger partial charge in [0.1, 0.15) is 29.0 Å². The third kappa shape index (κ3) is 9.55. The van der Waals surface area contributed by atoms with Crippen LogP contribution in [0.3, 0.4) is 0 Å². The van der Waals surface area contributed by atoms with Gasteiger partial charge in [-0.1, -0.05) is 37.6 Å². The molecule has 1 atom stereocenters. The van der Waals surface area contributed by atoms with Crippen LogP contribution in [-0.2, 0) is 17.8 Å². The number of carbonyl (C=O) groups excluding carboxylic acids is 1. The molecule has 6 rings (SSSR count). The van der Waals surface area contributed by atoms with E-state index < -0.39 is 11.7 Å². The number of pyridine rings is 1. The van der Waals surface area contributed by atoms with E-state index in [4.69, 9.17) is 34.3 Å². The van der Waals surface area contributed by atoms with Crippen LogP contribution >= 0.6 is 0 Å². The molecule has 14 nitrogen and oxygen atoms in total. The number of ether oxygens (including phenoxy) is 3. The zero-order valence-corrected chi connectivity index (χ0v) is 33.0. The summed E-state index contributed by atoms with van der Waals surface area (Å²) in [6, 6.07) is 17.9. The van der Waals surface area contributed by atoms with Gasteiger partial charge in [-0.15, -0.1) is 5.10 Å². The fourth-order valence-electron chi connectivity index (χ4n) is 6.51. The zero-order chi connectivity index (χ0) is 39.1. The molecule has 1 saturated heterocycles. The topological polar surface area (TPSA) is 143 Å². The van der Waals surface area contributed by atoms with Crippen molar-refractivity contribution in [3.63, 3.8) is 0 Å². The van der Waals surface area contributed by atoms with Crippen molar-refractivity contribution >= 4 is 29.3 Å². The molecule has 0 radical (unpaired) electrons. The van der Waals surface area contributed by atoms with Gasteiger partial charge in [0.2, 0.25) is 5.95 Å². The number of benzene rings is 2. The van der Waals surface area contributed by atoms with E-state index in [0.29, 0.717) is 74.5 Å². The third-order valence-corrected chi connectivity index (χ3v) is 9.45. The van der Waals surface area contributed by atoms with E-state index in [9.17, 15) is 9.90 Å². The lowest BCUT2D eigenvalue weighted by Crippen LogP contribution is -2.50. The van der Waals surface area contributed by atoms with E-state index in [0.717, 1.165) is 46.8 Å². The predicted octanol–water partition coefficient (Wildman–Crippen LogP) is 6.40. The Morgan fingerprint density at radius 2 is 1.55 bits per heavy atom. The van der Waals surface area contributed by atoms with Gasteiger partial charge in [-0.25, -0.2) is 19.3 Å². The minimum atomic E-state index is -1.07. The number of anilines is 3. The summed E-state index contributed by atoms with van der Waals surface area (Å²) in [5.74, 6) is 3.43. The van der Waals surface area contributed by atoms with E-state index in [1.807, 2.05) is 82.3 Å². The average Bonchev–Trinajstić information content (AvgIpc) is 3.61. The van der Waals surface area contributed by atoms with Gasteiger partial charge in [-0.05, 0) is 81.1 Å². The Hall–Kier alpha value is -5.63. The van der Waals surface area contributed by atoms with Crippen LogP contribution in [0.25, 0.3) is 5.65 Å². The number of nitrogens with one attached hydrogen (secondary N) is 1. The van der Waals surface area contributed by atoms with Crippen molar-refractivity contribution in [3.8, 4) is 11.5 Å². The minimum absolute atomic E-state index is 0.302. The summed E-state index contributed by atoms with van der Waals surface area (Å²) >= 11 is 0. The van der Waals surface area contributed by atoms with E-state index >= 15 is 0 Å². The number of carbonyl (C=O) groups is 1. The summed E-state index contributed by atoms with van der Waals surface area (Å²) in [7, 11) is 3.31. The number of hydrogen-bond donors (Lipinski definition) is 2.